The van der Waals surface area contributed by atoms with Crippen molar-refractivity contribution in [3.8, 4) is 0 Å². The summed E-state index contributed by atoms with van der Waals surface area (Å²) in [6.07, 6.45) is 1.37. The molecule has 0 spiro atoms. The standard InChI is InChI=1S/C9H22O6Si/c1-7-8-9(10-2,11-3)15-16(12-4,13-5)14-6/h7-8H2,1-6H3. The van der Waals surface area contributed by atoms with Gasteiger partial charge in [-0.1, -0.05) is 6.92 Å². The Morgan fingerprint density at radius 2 is 1.31 bits per heavy atom. The Morgan fingerprint density at radius 3 is 1.56 bits per heavy atom. The van der Waals surface area contributed by atoms with E-state index in [2.05, 4.69) is 0 Å². The van der Waals surface area contributed by atoms with Crippen LogP contribution in [0.1, 0.15) is 19.8 Å². The average molecular weight is 254 g/mol. The van der Waals surface area contributed by atoms with E-state index in [4.69, 9.17) is 27.2 Å². The maximum atomic E-state index is 5.64. The van der Waals surface area contributed by atoms with Crippen molar-refractivity contribution in [2.75, 3.05) is 35.5 Å². The molecule has 0 saturated carbocycles. The summed E-state index contributed by atoms with van der Waals surface area (Å²) < 4.78 is 31.6. The van der Waals surface area contributed by atoms with Crippen molar-refractivity contribution in [2.24, 2.45) is 0 Å². The molecule has 16 heavy (non-hydrogen) atoms. The molecule has 0 amide bonds. The number of methoxy groups -OCH3 is 2. The molecule has 0 atom stereocenters. The SMILES string of the molecule is CCCC(OC)(OC)O[Si](OC)(OC)OC. The zero-order valence-electron chi connectivity index (χ0n) is 10.9. The molecule has 98 valence electrons. The van der Waals surface area contributed by atoms with Crippen molar-refractivity contribution >= 4 is 9.05 Å². The van der Waals surface area contributed by atoms with Gasteiger partial charge in [0.05, 0.1) is 0 Å². The summed E-state index contributed by atoms with van der Waals surface area (Å²) in [7, 11) is 4.20. The van der Waals surface area contributed by atoms with E-state index < -0.39 is 15.0 Å². The first-order valence-corrected chi connectivity index (χ1v) is 6.66. The summed E-state index contributed by atoms with van der Waals surface area (Å²) in [5, 5.41) is 0. The fourth-order valence-corrected chi connectivity index (χ4v) is 2.69. The summed E-state index contributed by atoms with van der Waals surface area (Å²) in [5.74, 6) is -1.19. The van der Waals surface area contributed by atoms with Crippen LogP contribution in [0.5, 0.6) is 0 Å². The maximum absolute atomic E-state index is 5.64. The lowest BCUT2D eigenvalue weighted by atomic mass is 10.3. The maximum Gasteiger partial charge on any atom is 0.682 e. The van der Waals surface area contributed by atoms with E-state index in [0.717, 1.165) is 6.42 Å². The highest BCUT2D eigenvalue weighted by molar-refractivity contribution is 6.53. The van der Waals surface area contributed by atoms with E-state index in [1.807, 2.05) is 6.92 Å². The predicted molar refractivity (Wildman–Crippen MR) is 59.5 cm³/mol. The molecule has 6 nitrogen and oxygen atoms in total. The highest BCUT2D eigenvalue weighted by Gasteiger charge is 2.51. The van der Waals surface area contributed by atoms with Gasteiger partial charge in [0.25, 0.3) is 5.97 Å². The normalized spacial score (nSPS) is 13.1. The van der Waals surface area contributed by atoms with Crippen molar-refractivity contribution < 1.29 is 27.2 Å². The Hall–Kier alpha value is -0.0231. The Balaban J connectivity index is 4.81. The molecule has 0 aliphatic carbocycles. The minimum absolute atomic E-state index is 0.546. The van der Waals surface area contributed by atoms with Crippen LogP contribution in [0.3, 0.4) is 0 Å². The smallest absolute Gasteiger partial charge is 0.354 e. The predicted octanol–water partition coefficient (Wildman–Crippen LogP) is 1.12. The fraction of sp³-hybridized carbons (Fsp3) is 1.00. The summed E-state index contributed by atoms with van der Waals surface area (Å²) in [5.41, 5.74) is 0. The Kier molecular flexibility index (Phi) is 7.32. The molecule has 0 rings (SSSR count). The van der Waals surface area contributed by atoms with E-state index in [0.29, 0.717) is 6.42 Å². The number of ether oxygens (including phenoxy) is 2. The van der Waals surface area contributed by atoms with Gasteiger partial charge in [0, 0.05) is 42.0 Å². The van der Waals surface area contributed by atoms with Crippen LogP contribution in [0.2, 0.25) is 0 Å². The van der Waals surface area contributed by atoms with Gasteiger partial charge in [-0.2, -0.15) is 0 Å². The van der Waals surface area contributed by atoms with E-state index in [1.54, 1.807) is 0 Å². The van der Waals surface area contributed by atoms with Gasteiger partial charge in [-0.3, -0.25) is 4.43 Å². The molecule has 0 radical (unpaired) electrons. The molecule has 0 fully saturated rings. The minimum Gasteiger partial charge on any atom is -0.354 e. The van der Waals surface area contributed by atoms with Crippen LogP contribution in [-0.4, -0.2) is 50.6 Å². The van der Waals surface area contributed by atoms with Crippen LogP contribution in [0, 0.1) is 0 Å². The molecule has 0 aliphatic rings. The van der Waals surface area contributed by atoms with Crippen molar-refractivity contribution in [1.82, 2.24) is 0 Å². The molecule has 0 unspecified atom stereocenters. The van der Waals surface area contributed by atoms with Crippen molar-refractivity contribution in [1.29, 1.82) is 0 Å². The van der Waals surface area contributed by atoms with Gasteiger partial charge in [0.2, 0.25) is 0 Å². The molecule has 0 aromatic rings. The van der Waals surface area contributed by atoms with E-state index >= 15 is 0 Å². The fourth-order valence-electron chi connectivity index (χ4n) is 1.29. The molecule has 0 heterocycles. The van der Waals surface area contributed by atoms with E-state index in [-0.39, 0.29) is 0 Å². The second kappa shape index (κ2) is 7.33. The Labute approximate surface area is 98.2 Å². The monoisotopic (exact) mass is 254 g/mol. The zero-order valence-corrected chi connectivity index (χ0v) is 11.9. The molecular formula is C9H22O6Si. The quantitative estimate of drug-likeness (QED) is 0.454. The highest BCUT2D eigenvalue weighted by atomic mass is 28.4. The molecule has 7 heteroatoms. The van der Waals surface area contributed by atoms with Crippen molar-refractivity contribution in [2.45, 2.75) is 25.7 Å². The van der Waals surface area contributed by atoms with Gasteiger partial charge >= 0.3 is 9.05 Å². The summed E-state index contributed by atoms with van der Waals surface area (Å²) >= 11 is 0. The average Bonchev–Trinajstić information content (AvgIpc) is 2.35. The van der Waals surface area contributed by atoms with E-state index in [1.165, 1.54) is 35.5 Å². The van der Waals surface area contributed by atoms with Gasteiger partial charge in [0.15, 0.2) is 0 Å². The van der Waals surface area contributed by atoms with Crippen LogP contribution in [0.25, 0.3) is 0 Å². The topological polar surface area (TPSA) is 55.4 Å². The lowest BCUT2D eigenvalue weighted by Crippen LogP contribution is -2.55. The summed E-state index contributed by atoms with van der Waals surface area (Å²) in [4.78, 5) is 0. The molecule has 0 N–H and O–H groups in total. The first kappa shape index (κ1) is 16.0. The highest BCUT2D eigenvalue weighted by Crippen LogP contribution is 2.26. The minimum atomic E-state index is -3.18. The summed E-state index contributed by atoms with van der Waals surface area (Å²) in [6.45, 7) is 1.99. The van der Waals surface area contributed by atoms with Gasteiger partial charge in [0.1, 0.15) is 0 Å². The molecule has 0 saturated heterocycles. The third kappa shape index (κ3) is 3.77. The van der Waals surface area contributed by atoms with Crippen LogP contribution in [0.4, 0.5) is 0 Å². The third-order valence-corrected chi connectivity index (χ3v) is 4.27. The van der Waals surface area contributed by atoms with Gasteiger partial charge in [-0.05, 0) is 6.42 Å². The van der Waals surface area contributed by atoms with Gasteiger partial charge in [-0.15, -0.1) is 0 Å². The summed E-state index contributed by atoms with van der Waals surface area (Å²) in [6, 6.07) is 0. The van der Waals surface area contributed by atoms with Gasteiger partial charge < -0.3 is 22.8 Å². The first-order valence-electron chi connectivity index (χ1n) is 5.03. The second-order valence-electron chi connectivity index (χ2n) is 3.06. The van der Waals surface area contributed by atoms with Crippen molar-refractivity contribution in [3.05, 3.63) is 0 Å². The number of rotatable bonds is 9. The second-order valence-corrected chi connectivity index (χ2v) is 5.48. The number of hydrogen-bond donors (Lipinski definition) is 0. The van der Waals surface area contributed by atoms with Crippen LogP contribution < -0.4 is 0 Å². The Bertz CT molecular complexity index is 173. The largest absolute Gasteiger partial charge is 0.682 e. The molecule has 0 bridgehead atoms. The van der Waals surface area contributed by atoms with Crippen LogP contribution in [-0.2, 0) is 27.2 Å². The lowest BCUT2D eigenvalue weighted by Gasteiger charge is -2.35. The molecule has 0 aliphatic heterocycles. The number of hydrogen-bond acceptors (Lipinski definition) is 6. The van der Waals surface area contributed by atoms with Gasteiger partial charge in [-0.25, -0.2) is 0 Å². The third-order valence-electron chi connectivity index (χ3n) is 2.21. The zero-order chi connectivity index (χ0) is 12.7. The van der Waals surface area contributed by atoms with Crippen LogP contribution in [0.15, 0.2) is 0 Å². The Morgan fingerprint density at radius 1 is 0.875 bits per heavy atom. The van der Waals surface area contributed by atoms with Crippen molar-refractivity contribution in [3.63, 3.8) is 0 Å². The molecule has 0 aromatic heterocycles. The molecule has 0 aromatic carbocycles. The lowest BCUT2D eigenvalue weighted by molar-refractivity contribution is -0.348. The van der Waals surface area contributed by atoms with Crippen LogP contribution >= 0.6 is 0 Å². The molecular weight excluding hydrogens is 232 g/mol. The first-order chi connectivity index (χ1) is 7.57. The van der Waals surface area contributed by atoms with E-state index in [9.17, 15) is 0 Å².